The van der Waals surface area contributed by atoms with Crippen LogP contribution in [0, 0.1) is 23.7 Å². The number of likely N-dealkylation sites (tertiary alicyclic amines) is 1. The Hall–Kier alpha value is -2.80. The second kappa shape index (κ2) is 6.62. The molecule has 3 fully saturated rings. The zero-order valence-electron chi connectivity index (χ0n) is 16.1. The summed E-state index contributed by atoms with van der Waals surface area (Å²) in [7, 11) is 0. The van der Waals surface area contributed by atoms with Gasteiger partial charge in [-0.25, -0.2) is 9.97 Å². The van der Waals surface area contributed by atoms with Crippen molar-refractivity contribution in [1.82, 2.24) is 24.4 Å². The molecule has 29 heavy (non-hydrogen) atoms. The van der Waals surface area contributed by atoms with Crippen molar-refractivity contribution in [1.29, 1.82) is 0 Å². The van der Waals surface area contributed by atoms with E-state index in [0.717, 1.165) is 43.0 Å². The minimum absolute atomic E-state index is 0.0751. The Morgan fingerprint density at radius 3 is 3.00 bits per heavy atom. The van der Waals surface area contributed by atoms with Gasteiger partial charge >= 0.3 is 0 Å². The van der Waals surface area contributed by atoms with E-state index in [4.69, 9.17) is 4.74 Å². The van der Waals surface area contributed by atoms with Gasteiger partial charge < -0.3 is 14.2 Å². The van der Waals surface area contributed by atoms with Crippen molar-refractivity contribution in [3.8, 4) is 0 Å². The molecule has 0 aromatic carbocycles. The summed E-state index contributed by atoms with van der Waals surface area (Å²) in [6, 6.07) is 5.82. The molecule has 0 N–H and O–H groups in total. The molecule has 7 heteroatoms. The van der Waals surface area contributed by atoms with E-state index in [0.29, 0.717) is 35.8 Å². The Balaban J connectivity index is 1.21. The zero-order chi connectivity index (χ0) is 19.4. The second-order valence-electron chi connectivity index (χ2n) is 8.63. The summed E-state index contributed by atoms with van der Waals surface area (Å²) >= 11 is 0. The van der Waals surface area contributed by atoms with E-state index in [-0.39, 0.29) is 5.91 Å². The van der Waals surface area contributed by atoms with Crippen molar-refractivity contribution in [2.24, 2.45) is 23.7 Å². The first-order chi connectivity index (χ1) is 14.3. The average molecular weight is 389 g/mol. The molecule has 3 aromatic rings. The first-order valence-electron chi connectivity index (χ1n) is 10.3. The molecule has 0 spiro atoms. The van der Waals surface area contributed by atoms with E-state index in [1.807, 2.05) is 33.9 Å². The molecule has 1 aliphatic carbocycles. The number of imidazole rings is 1. The number of hydrogen-bond donors (Lipinski definition) is 0. The maximum absolute atomic E-state index is 13.1. The molecule has 2 saturated heterocycles. The third kappa shape index (κ3) is 2.83. The number of nitrogens with zero attached hydrogens (tertiary/aromatic N) is 5. The van der Waals surface area contributed by atoms with Crippen LogP contribution in [0.5, 0.6) is 0 Å². The molecule has 6 rings (SSSR count). The number of fused-ring (bicyclic) bond motifs is 4. The van der Waals surface area contributed by atoms with Crippen LogP contribution in [0.15, 0.2) is 43.1 Å². The highest BCUT2D eigenvalue weighted by molar-refractivity contribution is 5.96. The van der Waals surface area contributed by atoms with Gasteiger partial charge in [-0.15, -0.1) is 0 Å². The predicted octanol–water partition coefficient (Wildman–Crippen LogP) is 2.23. The lowest BCUT2D eigenvalue weighted by molar-refractivity contribution is 0.0773. The number of hydrogen-bond acceptors (Lipinski definition) is 5. The SMILES string of the molecule is O=C(c1cnc2c(c1)ncn2Cc1cccnc1)N1C[C@@H]2C[C@@H]3COC[C@@H]3[C@@H]2C1. The summed E-state index contributed by atoms with van der Waals surface area (Å²) < 4.78 is 7.65. The van der Waals surface area contributed by atoms with E-state index >= 15 is 0 Å². The molecule has 1 amide bonds. The Morgan fingerprint density at radius 1 is 1.14 bits per heavy atom. The average Bonchev–Trinajstić information content (AvgIpc) is 3.50. The van der Waals surface area contributed by atoms with Crippen LogP contribution < -0.4 is 0 Å². The summed E-state index contributed by atoms with van der Waals surface area (Å²) in [6.07, 6.45) is 8.28. The lowest BCUT2D eigenvalue weighted by Crippen LogP contribution is -2.31. The molecular formula is C22H23N5O2. The highest BCUT2D eigenvalue weighted by atomic mass is 16.5. The molecule has 5 heterocycles. The fourth-order valence-electron chi connectivity index (χ4n) is 5.57. The molecule has 7 nitrogen and oxygen atoms in total. The van der Waals surface area contributed by atoms with Crippen LogP contribution in [-0.4, -0.2) is 56.6 Å². The Bertz CT molecular complexity index is 1070. The maximum atomic E-state index is 13.1. The number of carbonyl (C=O) groups excluding carboxylic acids is 1. The number of carbonyl (C=O) groups is 1. The molecule has 3 aliphatic rings. The van der Waals surface area contributed by atoms with Crippen LogP contribution in [0.4, 0.5) is 0 Å². The second-order valence-corrected chi connectivity index (χ2v) is 8.63. The zero-order valence-corrected chi connectivity index (χ0v) is 16.1. The molecule has 0 unspecified atom stereocenters. The van der Waals surface area contributed by atoms with Crippen molar-refractivity contribution in [3.63, 3.8) is 0 Å². The first kappa shape index (κ1) is 17.1. The Labute approximate surface area is 168 Å². The quantitative estimate of drug-likeness (QED) is 0.687. The van der Waals surface area contributed by atoms with Crippen LogP contribution in [0.1, 0.15) is 22.3 Å². The summed E-state index contributed by atoms with van der Waals surface area (Å²) in [5, 5.41) is 0. The van der Waals surface area contributed by atoms with Crippen LogP contribution >= 0.6 is 0 Å². The van der Waals surface area contributed by atoms with E-state index in [2.05, 4.69) is 15.0 Å². The maximum Gasteiger partial charge on any atom is 0.255 e. The van der Waals surface area contributed by atoms with Crippen molar-refractivity contribution >= 4 is 17.1 Å². The lowest BCUT2D eigenvalue weighted by atomic mass is 9.91. The standard InChI is InChI=1S/C22H23N5O2/c28-22(26-9-16-4-17-11-29-12-19(17)18(16)10-26)15-5-20-21(24-7-15)27(13-25-20)8-14-2-1-3-23-6-14/h1-3,5-7,13,16-19H,4,8-12H2/t16-,17+,18+,19-/m0/s1. The first-order valence-corrected chi connectivity index (χ1v) is 10.3. The number of ether oxygens (including phenoxy) is 1. The molecule has 2 aliphatic heterocycles. The Morgan fingerprint density at radius 2 is 2.10 bits per heavy atom. The molecule has 4 atom stereocenters. The lowest BCUT2D eigenvalue weighted by Gasteiger charge is -2.20. The van der Waals surface area contributed by atoms with Gasteiger partial charge in [0.1, 0.15) is 5.52 Å². The van der Waals surface area contributed by atoms with Gasteiger partial charge in [-0.3, -0.25) is 9.78 Å². The van der Waals surface area contributed by atoms with Crippen LogP contribution in [-0.2, 0) is 11.3 Å². The van der Waals surface area contributed by atoms with Crippen molar-refractivity contribution in [3.05, 3.63) is 54.2 Å². The third-order valence-electron chi connectivity index (χ3n) is 6.96. The van der Waals surface area contributed by atoms with Crippen LogP contribution in [0.3, 0.4) is 0 Å². The van der Waals surface area contributed by atoms with Gasteiger partial charge in [0.2, 0.25) is 0 Å². The largest absolute Gasteiger partial charge is 0.381 e. The van der Waals surface area contributed by atoms with Gasteiger partial charge in [0.25, 0.3) is 5.91 Å². The Kier molecular flexibility index (Phi) is 3.90. The number of amides is 1. The third-order valence-corrected chi connectivity index (χ3v) is 6.96. The minimum atomic E-state index is 0.0751. The molecule has 0 radical (unpaired) electrons. The van der Waals surface area contributed by atoms with E-state index in [1.54, 1.807) is 18.7 Å². The van der Waals surface area contributed by atoms with Crippen LogP contribution in [0.25, 0.3) is 11.2 Å². The smallest absolute Gasteiger partial charge is 0.255 e. The molecule has 0 bridgehead atoms. The van der Waals surface area contributed by atoms with Gasteiger partial charge in [0.15, 0.2) is 5.65 Å². The molecule has 3 aromatic heterocycles. The van der Waals surface area contributed by atoms with Gasteiger partial charge in [-0.05, 0) is 47.8 Å². The highest BCUT2D eigenvalue weighted by Gasteiger charge is 2.51. The van der Waals surface area contributed by atoms with Crippen molar-refractivity contribution < 1.29 is 9.53 Å². The van der Waals surface area contributed by atoms with Crippen molar-refractivity contribution in [2.45, 2.75) is 13.0 Å². The fraction of sp³-hybridized carbons (Fsp3) is 0.455. The van der Waals surface area contributed by atoms with Crippen molar-refractivity contribution in [2.75, 3.05) is 26.3 Å². The summed E-state index contributed by atoms with van der Waals surface area (Å²) in [5.41, 5.74) is 3.26. The van der Waals surface area contributed by atoms with Gasteiger partial charge in [0.05, 0.1) is 25.0 Å². The predicted molar refractivity (Wildman–Crippen MR) is 106 cm³/mol. The monoisotopic (exact) mass is 389 g/mol. The number of pyridine rings is 2. The number of rotatable bonds is 3. The fourth-order valence-corrected chi connectivity index (χ4v) is 5.57. The summed E-state index contributed by atoms with van der Waals surface area (Å²) in [5.74, 6) is 2.66. The van der Waals surface area contributed by atoms with Gasteiger partial charge in [-0.1, -0.05) is 6.07 Å². The highest BCUT2D eigenvalue weighted by Crippen LogP contribution is 2.48. The van der Waals surface area contributed by atoms with Gasteiger partial charge in [-0.2, -0.15) is 0 Å². The van der Waals surface area contributed by atoms with E-state index in [1.165, 1.54) is 6.42 Å². The summed E-state index contributed by atoms with van der Waals surface area (Å²) in [4.78, 5) is 28.3. The topological polar surface area (TPSA) is 73.1 Å². The van der Waals surface area contributed by atoms with E-state index < -0.39 is 0 Å². The molecule has 1 saturated carbocycles. The number of aromatic nitrogens is 4. The van der Waals surface area contributed by atoms with Gasteiger partial charge in [0, 0.05) is 38.3 Å². The van der Waals surface area contributed by atoms with E-state index in [9.17, 15) is 4.79 Å². The van der Waals surface area contributed by atoms with Crippen LogP contribution in [0.2, 0.25) is 0 Å². The molecular weight excluding hydrogens is 366 g/mol. The summed E-state index contributed by atoms with van der Waals surface area (Å²) in [6.45, 7) is 4.15. The molecule has 148 valence electrons. The minimum Gasteiger partial charge on any atom is -0.381 e. The normalized spacial score (nSPS) is 28.1.